The molecule has 1 aromatic carbocycles. The largest absolute Gasteiger partial charge is 0.493 e. The summed E-state index contributed by atoms with van der Waals surface area (Å²) in [7, 11) is 4.20. The molecule has 0 aliphatic carbocycles. The second-order valence-corrected chi connectivity index (χ2v) is 6.25. The molecule has 0 aliphatic rings. The highest BCUT2D eigenvalue weighted by atomic mass is 16.5. The lowest BCUT2D eigenvalue weighted by Gasteiger charge is -2.28. The monoisotopic (exact) mass is 293 g/mol. The van der Waals surface area contributed by atoms with Gasteiger partial charge >= 0.3 is 0 Å². The molecular formula is C17H31N3O. The molecule has 0 amide bonds. The molecule has 1 aromatic rings. The van der Waals surface area contributed by atoms with E-state index in [4.69, 9.17) is 10.5 Å². The van der Waals surface area contributed by atoms with Crippen molar-refractivity contribution >= 4 is 11.4 Å². The van der Waals surface area contributed by atoms with E-state index in [1.165, 1.54) is 0 Å². The van der Waals surface area contributed by atoms with Crippen LogP contribution in [0.25, 0.3) is 0 Å². The molecule has 0 aromatic heterocycles. The van der Waals surface area contributed by atoms with Gasteiger partial charge in [-0.15, -0.1) is 0 Å². The molecule has 0 atom stereocenters. The molecule has 4 heteroatoms. The fourth-order valence-corrected chi connectivity index (χ4v) is 2.18. The Kier molecular flexibility index (Phi) is 7.37. The number of rotatable bonds is 9. The first-order valence-corrected chi connectivity index (χ1v) is 7.85. The molecular weight excluding hydrogens is 262 g/mol. The van der Waals surface area contributed by atoms with Gasteiger partial charge in [-0.3, -0.25) is 0 Å². The van der Waals surface area contributed by atoms with Gasteiger partial charge < -0.3 is 20.3 Å². The van der Waals surface area contributed by atoms with Gasteiger partial charge in [-0.1, -0.05) is 20.8 Å². The van der Waals surface area contributed by atoms with Crippen LogP contribution < -0.4 is 15.4 Å². The molecule has 0 aliphatic heterocycles. The Morgan fingerprint density at radius 1 is 1.14 bits per heavy atom. The average Bonchev–Trinajstić information content (AvgIpc) is 2.40. The van der Waals surface area contributed by atoms with Gasteiger partial charge in [0.15, 0.2) is 0 Å². The maximum absolute atomic E-state index is 6.04. The first-order chi connectivity index (χ1) is 9.92. The number of nitrogens with two attached hydrogens (primary N) is 1. The van der Waals surface area contributed by atoms with E-state index in [0.717, 1.165) is 49.8 Å². The van der Waals surface area contributed by atoms with E-state index in [1.807, 2.05) is 12.1 Å². The van der Waals surface area contributed by atoms with Crippen LogP contribution in [0.1, 0.15) is 27.2 Å². The number of benzene rings is 1. The lowest BCUT2D eigenvalue weighted by atomic mass is 10.1. The third kappa shape index (κ3) is 6.71. The molecule has 4 nitrogen and oxygen atoms in total. The Labute approximate surface area is 129 Å². The van der Waals surface area contributed by atoms with Crippen LogP contribution in [0, 0.1) is 5.92 Å². The van der Waals surface area contributed by atoms with Gasteiger partial charge in [0, 0.05) is 43.1 Å². The Hall–Kier alpha value is -1.42. The highest BCUT2D eigenvalue weighted by Gasteiger charge is 2.11. The van der Waals surface area contributed by atoms with Gasteiger partial charge in [0.05, 0.1) is 6.61 Å². The third-order valence-electron chi connectivity index (χ3n) is 3.15. The zero-order valence-electron chi connectivity index (χ0n) is 14.2. The molecule has 0 saturated carbocycles. The van der Waals surface area contributed by atoms with E-state index >= 15 is 0 Å². The van der Waals surface area contributed by atoms with Crippen molar-refractivity contribution in [1.82, 2.24) is 4.90 Å². The average molecular weight is 293 g/mol. The minimum atomic E-state index is 0.605. The van der Waals surface area contributed by atoms with Gasteiger partial charge in [0.2, 0.25) is 0 Å². The van der Waals surface area contributed by atoms with Crippen molar-refractivity contribution in [3.05, 3.63) is 18.2 Å². The van der Waals surface area contributed by atoms with Crippen LogP contribution in [-0.4, -0.2) is 45.2 Å². The summed E-state index contributed by atoms with van der Waals surface area (Å²) < 4.78 is 5.74. The third-order valence-corrected chi connectivity index (χ3v) is 3.15. The predicted molar refractivity (Wildman–Crippen MR) is 92.2 cm³/mol. The van der Waals surface area contributed by atoms with Crippen LogP contribution in [0.3, 0.4) is 0 Å². The number of anilines is 2. The fourth-order valence-electron chi connectivity index (χ4n) is 2.18. The molecule has 21 heavy (non-hydrogen) atoms. The summed E-state index contributed by atoms with van der Waals surface area (Å²) in [5.74, 6) is 1.47. The summed E-state index contributed by atoms with van der Waals surface area (Å²) >= 11 is 0. The van der Waals surface area contributed by atoms with Gasteiger partial charge in [-0.05, 0) is 32.5 Å². The van der Waals surface area contributed by atoms with Gasteiger partial charge in [0.25, 0.3) is 0 Å². The number of hydrogen-bond donors (Lipinski definition) is 1. The summed E-state index contributed by atoms with van der Waals surface area (Å²) in [6, 6.07) is 6.04. The molecule has 2 N–H and O–H groups in total. The first-order valence-electron chi connectivity index (χ1n) is 7.85. The first kappa shape index (κ1) is 17.6. The van der Waals surface area contributed by atoms with Crippen LogP contribution in [-0.2, 0) is 0 Å². The molecule has 0 unspecified atom stereocenters. The van der Waals surface area contributed by atoms with Gasteiger partial charge in [-0.2, -0.15) is 0 Å². The Morgan fingerprint density at radius 3 is 2.43 bits per heavy atom. The number of ether oxygens (including phenoxy) is 1. The topological polar surface area (TPSA) is 41.7 Å². The minimum Gasteiger partial charge on any atom is -0.493 e. The molecule has 0 bridgehead atoms. The maximum Gasteiger partial charge on any atom is 0.123 e. The molecule has 0 spiro atoms. The van der Waals surface area contributed by atoms with E-state index in [-0.39, 0.29) is 0 Å². The van der Waals surface area contributed by atoms with Crippen molar-refractivity contribution in [3.8, 4) is 5.75 Å². The van der Waals surface area contributed by atoms with Crippen molar-refractivity contribution < 1.29 is 4.74 Å². The second kappa shape index (κ2) is 8.78. The van der Waals surface area contributed by atoms with E-state index in [9.17, 15) is 0 Å². The standard InChI is InChI=1S/C17H31N3O/c1-6-9-21-17-11-15(18)10-16(12-17)20(13-14(2)3)8-7-19(4)5/h10-12,14H,6-9,13,18H2,1-5H3. The van der Waals surface area contributed by atoms with Crippen molar-refractivity contribution in [1.29, 1.82) is 0 Å². The van der Waals surface area contributed by atoms with E-state index in [0.29, 0.717) is 5.92 Å². The SMILES string of the molecule is CCCOc1cc(N)cc(N(CCN(C)C)CC(C)C)c1. The number of hydrogen-bond acceptors (Lipinski definition) is 4. The minimum absolute atomic E-state index is 0.605. The summed E-state index contributed by atoms with van der Waals surface area (Å²) in [5, 5.41) is 0. The number of likely N-dealkylation sites (N-methyl/N-ethyl adjacent to an activating group) is 1. The van der Waals surface area contributed by atoms with Gasteiger partial charge in [0.1, 0.15) is 5.75 Å². The lowest BCUT2D eigenvalue weighted by Crippen LogP contribution is -2.34. The molecule has 0 heterocycles. The Balaban J connectivity index is 2.90. The molecule has 0 saturated heterocycles. The smallest absolute Gasteiger partial charge is 0.123 e. The van der Waals surface area contributed by atoms with E-state index < -0.39 is 0 Å². The molecule has 0 fully saturated rings. The fraction of sp³-hybridized carbons (Fsp3) is 0.647. The highest BCUT2D eigenvalue weighted by molar-refractivity contribution is 5.60. The summed E-state index contributed by atoms with van der Waals surface area (Å²) in [6.45, 7) is 10.3. The van der Waals surface area contributed by atoms with Crippen molar-refractivity contribution in [2.45, 2.75) is 27.2 Å². The normalized spacial score (nSPS) is 11.2. The quantitative estimate of drug-likeness (QED) is 0.710. The molecule has 1 rings (SSSR count). The zero-order valence-corrected chi connectivity index (χ0v) is 14.2. The van der Waals surface area contributed by atoms with Crippen molar-refractivity contribution in [2.75, 3.05) is 51.0 Å². The van der Waals surface area contributed by atoms with Crippen molar-refractivity contribution in [2.24, 2.45) is 5.92 Å². The lowest BCUT2D eigenvalue weighted by molar-refractivity contribution is 0.317. The van der Waals surface area contributed by atoms with E-state index in [1.54, 1.807) is 0 Å². The van der Waals surface area contributed by atoms with Crippen molar-refractivity contribution in [3.63, 3.8) is 0 Å². The summed E-state index contributed by atoms with van der Waals surface area (Å²) in [4.78, 5) is 4.59. The Bertz CT molecular complexity index is 418. The predicted octanol–water partition coefficient (Wildman–Crippen LogP) is 3.08. The highest BCUT2D eigenvalue weighted by Crippen LogP contribution is 2.26. The number of nitrogen functional groups attached to an aromatic ring is 1. The second-order valence-electron chi connectivity index (χ2n) is 6.25. The summed E-state index contributed by atoms with van der Waals surface area (Å²) in [6.07, 6.45) is 1.00. The van der Waals surface area contributed by atoms with Crippen LogP contribution in [0.15, 0.2) is 18.2 Å². The van der Waals surface area contributed by atoms with Crippen LogP contribution in [0.4, 0.5) is 11.4 Å². The van der Waals surface area contributed by atoms with Gasteiger partial charge in [-0.25, -0.2) is 0 Å². The molecule has 0 radical (unpaired) electrons. The molecule has 120 valence electrons. The van der Waals surface area contributed by atoms with Crippen LogP contribution >= 0.6 is 0 Å². The van der Waals surface area contributed by atoms with Crippen LogP contribution in [0.5, 0.6) is 5.75 Å². The van der Waals surface area contributed by atoms with Crippen LogP contribution in [0.2, 0.25) is 0 Å². The van der Waals surface area contributed by atoms with E-state index in [2.05, 4.69) is 50.7 Å². The Morgan fingerprint density at radius 2 is 1.86 bits per heavy atom. The maximum atomic E-state index is 6.04. The number of nitrogens with zero attached hydrogens (tertiary/aromatic N) is 2. The zero-order chi connectivity index (χ0) is 15.8. The summed E-state index contributed by atoms with van der Waals surface area (Å²) in [5.41, 5.74) is 7.95.